The zero-order valence-corrected chi connectivity index (χ0v) is 78.7. The first-order valence-corrected chi connectivity index (χ1v) is 46.6. The van der Waals surface area contributed by atoms with Crippen LogP contribution in [0.5, 0.6) is 40.2 Å². The summed E-state index contributed by atoms with van der Waals surface area (Å²) in [4.78, 5) is 31.6. The van der Waals surface area contributed by atoms with E-state index in [0.717, 1.165) is 74.9 Å². The number of hydrogen-bond donors (Lipinski definition) is 9. The number of aliphatic hydroxyl groups excluding tert-OH is 3. The fourth-order valence-corrected chi connectivity index (χ4v) is 19.6. The highest BCUT2D eigenvalue weighted by Crippen LogP contribution is 2.59. The van der Waals surface area contributed by atoms with Crippen LogP contribution in [-0.2, 0) is 46.7 Å². The van der Waals surface area contributed by atoms with Gasteiger partial charge in [0.25, 0.3) is 0 Å². The van der Waals surface area contributed by atoms with E-state index in [9.17, 15) is 25.2 Å². The van der Waals surface area contributed by atoms with Gasteiger partial charge in [0.2, 0.25) is 24.5 Å². The number of anilines is 1. The Bertz CT molecular complexity index is 5350. The molecule has 10 aromatic rings. The molecule has 5 aliphatic heterocycles. The van der Waals surface area contributed by atoms with Crippen molar-refractivity contribution in [2.24, 2.45) is 44.9 Å². The molecular weight excluding hydrogens is 1720 g/mol. The van der Waals surface area contributed by atoms with Crippen molar-refractivity contribution in [3.63, 3.8) is 0 Å². The zero-order valence-electron chi connectivity index (χ0n) is 76.4. The van der Waals surface area contributed by atoms with E-state index in [4.69, 9.17) is 92.5 Å². The van der Waals surface area contributed by atoms with Crippen LogP contribution in [0.25, 0.3) is 10.8 Å². The number of nitrogens with two attached hydrogens (primary N) is 3. The van der Waals surface area contributed by atoms with Gasteiger partial charge in [-0.25, -0.2) is 4.99 Å². The van der Waals surface area contributed by atoms with Gasteiger partial charge in [-0.2, -0.15) is 4.99 Å². The second kappa shape index (κ2) is 46.5. The number of pyridine rings is 1. The van der Waals surface area contributed by atoms with Crippen molar-refractivity contribution < 1.29 is 77.3 Å². The number of ether oxygens (including phenoxy) is 11. The molecule has 3 aliphatic carbocycles. The molecule has 16 atom stereocenters. The number of nitrogens with one attached hydrogen (secondary N) is 2. The molecule has 29 heteroatoms. The molecule has 4 saturated heterocycles. The predicted molar refractivity (Wildman–Crippen MR) is 514 cm³/mol. The van der Waals surface area contributed by atoms with E-state index in [2.05, 4.69) is 131 Å². The summed E-state index contributed by atoms with van der Waals surface area (Å²) in [6.07, 6.45) is 4.44. The lowest BCUT2D eigenvalue weighted by Crippen LogP contribution is -2.62. The van der Waals surface area contributed by atoms with E-state index in [-0.39, 0.29) is 61.3 Å². The Hall–Kier alpha value is -10.2. The molecule has 131 heavy (non-hydrogen) atoms. The number of hydrogen-bond acceptors (Lipinski definition) is 23. The van der Waals surface area contributed by atoms with Gasteiger partial charge >= 0.3 is 5.97 Å². The molecule has 8 aromatic carbocycles. The van der Waals surface area contributed by atoms with Crippen LogP contribution in [0.15, 0.2) is 216 Å². The predicted octanol–water partition coefficient (Wildman–Crippen LogP) is 15.9. The molecule has 7 heterocycles. The Labute approximate surface area is 782 Å². The number of guanidine groups is 2. The van der Waals surface area contributed by atoms with Crippen LogP contribution >= 0.6 is 34.5 Å². The van der Waals surface area contributed by atoms with E-state index in [1.807, 2.05) is 123 Å². The quantitative estimate of drug-likeness (QED) is 0.0173. The highest BCUT2D eigenvalue weighted by atomic mass is 35.5. The number of thiophene rings is 1. The van der Waals surface area contributed by atoms with Crippen molar-refractivity contribution in [3.8, 4) is 40.2 Å². The molecule has 1 saturated carbocycles. The molecule has 0 spiro atoms. The monoisotopic (exact) mass is 1850 g/mol. The van der Waals surface area contributed by atoms with E-state index in [1.54, 1.807) is 60.7 Å². The minimum absolute atomic E-state index is 0.0242. The van der Waals surface area contributed by atoms with Gasteiger partial charge in [0.15, 0.2) is 35.6 Å². The summed E-state index contributed by atoms with van der Waals surface area (Å²) in [5.74, 6) is 2.31. The van der Waals surface area contributed by atoms with Gasteiger partial charge in [-0.3, -0.25) is 9.78 Å². The minimum Gasteiger partial charge on any atom is -0.502 e. The molecule has 5 unspecified atom stereocenters. The Morgan fingerprint density at radius 1 is 0.756 bits per heavy atom. The number of phenols is 1. The second-order valence-electron chi connectivity index (χ2n) is 35.1. The number of halogens is 2. The fourth-order valence-electron chi connectivity index (χ4n) is 18.7. The number of aliphatic imine (C=N–C) groups is 2. The molecule has 700 valence electrons. The number of fused-ring (bicyclic) bond motifs is 6. The van der Waals surface area contributed by atoms with Gasteiger partial charge < -0.3 is 110 Å². The molecule has 0 amide bonds. The number of esters is 1. The second-order valence-corrected chi connectivity index (χ2v) is 37.0. The van der Waals surface area contributed by atoms with Crippen molar-refractivity contribution >= 4 is 68.9 Å². The van der Waals surface area contributed by atoms with Crippen LogP contribution in [0.1, 0.15) is 147 Å². The smallest absolute Gasteiger partial charge is 0.310 e. The van der Waals surface area contributed by atoms with Gasteiger partial charge in [-0.15, -0.1) is 11.3 Å². The average Bonchev–Trinajstić information content (AvgIpc) is 1.72. The summed E-state index contributed by atoms with van der Waals surface area (Å²) in [7, 11) is 11.2. The molecule has 8 aliphatic rings. The van der Waals surface area contributed by atoms with Crippen molar-refractivity contribution in [1.29, 1.82) is 0 Å². The van der Waals surface area contributed by atoms with Crippen LogP contribution in [0.4, 0.5) is 5.69 Å². The van der Waals surface area contributed by atoms with E-state index in [1.165, 1.54) is 81.8 Å². The Morgan fingerprint density at radius 3 is 2.13 bits per heavy atom. The van der Waals surface area contributed by atoms with Crippen LogP contribution in [-0.4, -0.2) is 203 Å². The number of rotatable bonds is 22. The number of phenolic OH excluding ortho intramolecular Hbond substituents is 1. The number of benzene rings is 8. The third-order valence-electron chi connectivity index (χ3n) is 25.0. The normalized spacial score (nSPS) is 23.9. The van der Waals surface area contributed by atoms with Gasteiger partial charge in [-0.05, 0) is 246 Å². The maximum absolute atomic E-state index is 13.5. The summed E-state index contributed by atoms with van der Waals surface area (Å²) in [6.45, 7) is 13.3. The van der Waals surface area contributed by atoms with Crippen LogP contribution in [0, 0.1) is 17.8 Å². The number of aromatic hydroxyl groups is 1. The van der Waals surface area contributed by atoms with Gasteiger partial charge in [-0.1, -0.05) is 147 Å². The Balaban J connectivity index is 0.000000145. The number of methoxy groups -OCH3 is 3. The lowest BCUT2D eigenvalue weighted by molar-refractivity contribution is -0.368. The van der Waals surface area contributed by atoms with Crippen molar-refractivity contribution in [2.45, 2.75) is 177 Å². The van der Waals surface area contributed by atoms with Crippen molar-refractivity contribution in [1.82, 2.24) is 20.1 Å². The summed E-state index contributed by atoms with van der Waals surface area (Å²) < 4.78 is 63.8. The van der Waals surface area contributed by atoms with Gasteiger partial charge in [0.05, 0.1) is 51.4 Å². The maximum atomic E-state index is 13.5. The molecule has 2 bridgehead atoms. The van der Waals surface area contributed by atoms with Gasteiger partial charge in [0, 0.05) is 86.9 Å². The third kappa shape index (κ3) is 25.0. The summed E-state index contributed by atoms with van der Waals surface area (Å²) >= 11 is 13.2. The molecular formula is C102H126Cl2N10O16S. The standard InChI is InChI=1S/C32H32O13S.C18H25NO.C16H19ClN2.C16H21NO2.C11H16ClN5.C9H13N/c1-37-19-6-13(7-20(38-2)25(19)33)23-14-8-17-18(42-12-41-17)9-15(14)28(16-10-39-30(36)24(16)23)44-32-27(35)26(34)29-21(43-32)11-40-31(45-29)22-4-3-5-46-22;1-19-10-9-18-8-4-3-5-15(18)17(19)11-13-6-7-14(20-2)12-16(13)18;1-19(2)12-10-15(16-5-3-4-11-18-16)13-6-8-14(17)9-7-13;1-12(2)17-10-14(18)11-19-16-9-5-7-13-6-3-4-8-15(13)16;1-7(2)15-10(13)17-11(14)16-9-5-3-8(12)4-6-9;1-8(10)7-9-5-3-2-4-6-9/h3-9,16,21,23-24,26-29,31-35H,10-12H2,1-2H3;6-7,12,15,17H,3-5,8-11H2,1-2H3;3-9,11,15H,10,12H2,1-2H3;3-9,12,14,17-18H,10-11H2,1-2H3;3-7H,1-2H3,(H5,13,14,15,16,17);2-6,8H,7,10H2,1H3/t16?,21-,23-,24+,26-,27-,28?,29-,31?,32+;15-,17+,18+;;;;8-/m11...0/s1. The summed E-state index contributed by atoms with van der Waals surface area (Å²) in [5, 5.41) is 54.6. The molecule has 2 aromatic heterocycles. The van der Waals surface area contributed by atoms with E-state index >= 15 is 0 Å². The molecule has 5 fully saturated rings. The highest BCUT2D eigenvalue weighted by Gasteiger charge is 2.57. The summed E-state index contributed by atoms with van der Waals surface area (Å²) in [6, 6.07) is 64.6. The summed E-state index contributed by atoms with van der Waals surface area (Å²) in [5.41, 5.74) is 27.0. The first-order chi connectivity index (χ1) is 63.2. The maximum Gasteiger partial charge on any atom is 0.310 e. The average molecular weight is 1850 g/mol. The number of carbonyl (C=O) groups excluding carboxylic acids is 1. The number of nitrogens with zero attached hydrogens (tertiary/aromatic N) is 5. The Morgan fingerprint density at radius 2 is 1.46 bits per heavy atom. The number of aromatic nitrogens is 1. The van der Waals surface area contributed by atoms with E-state index in [0.29, 0.717) is 63.7 Å². The lowest BCUT2D eigenvalue weighted by Gasteiger charge is -2.58. The SMILES string of the molecule is CC(C)N=C(N)N=C(N)Nc1ccc(Cl)cc1.CC(C)NCC(O)COc1cccc2ccccc12.CN(C)CCC(c1ccc(Cl)cc1)c1ccccn1.COc1cc([C@@H]2c3cc4c(cc3C(O[C@@H]3O[C@@H]5COC(c6cccs6)O[C@H]5[C@H](O)[C@H]3O)C3COC(=O)[C@@H]32)OCO4)cc(OC)c1O.COc1ccc2c(c1)[C@]13CCCC[C@@H]1[C@H](C2)N(C)CC3.C[C@H](N)Cc1ccccc1. The fraction of sp³-hybridized carbons (Fsp3) is 0.431. The number of carbonyl (C=O) groups is 1. The van der Waals surface area contributed by atoms with Crippen LogP contribution in [0.3, 0.4) is 0 Å². The van der Waals surface area contributed by atoms with Crippen molar-refractivity contribution in [3.05, 3.63) is 265 Å². The zero-order chi connectivity index (χ0) is 93.0. The lowest BCUT2D eigenvalue weighted by atomic mass is 9.52. The van der Waals surface area contributed by atoms with Crippen LogP contribution in [0.2, 0.25) is 10.0 Å². The molecule has 12 N–H and O–H groups in total. The Kier molecular flexibility index (Phi) is 34.9. The highest BCUT2D eigenvalue weighted by molar-refractivity contribution is 7.10. The van der Waals surface area contributed by atoms with Gasteiger partial charge in [0.1, 0.15) is 48.6 Å². The minimum atomic E-state index is -1.47. The molecule has 26 nitrogen and oxygen atoms in total. The number of piperidine rings is 1. The first kappa shape index (κ1) is 98.3. The number of cyclic esters (lactones) is 1. The topological polar surface area (TPSA) is 346 Å². The number of aliphatic hydroxyl groups is 3. The largest absolute Gasteiger partial charge is 0.502 e. The van der Waals surface area contributed by atoms with Crippen molar-refractivity contribution in [2.75, 3.05) is 94.0 Å². The third-order valence-corrected chi connectivity index (χ3v) is 26.4. The number of likely N-dealkylation sites (tertiary alicyclic amines) is 1. The van der Waals surface area contributed by atoms with E-state index < -0.39 is 72.9 Å². The van der Waals surface area contributed by atoms with Crippen LogP contribution < -0.4 is 56.3 Å². The first-order valence-electron chi connectivity index (χ1n) is 44.9. The molecule has 18 rings (SSSR count). The molecule has 0 radical (unpaired) electrons. The number of likely N-dealkylation sites (N-methyl/N-ethyl adjacent to an activating group) is 1.